The third-order valence-corrected chi connectivity index (χ3v) is 7.14. The zero-order valence-electron chi connectivity index (χ0n) is 20.6. The van der Waals surface area contributed by atoms with Crippen LogP contribution in [0.4, 0.5) is 22.0 Å². The summed E-state index contributed by atoms with van der Waals surface area (Å²) in [6.45, 7) is 3.92. The monoisotopic (exact) mass is 556 g/mol. The molecule has 4 rings (SSSR count). The Labute approximate surface area is 220 Å². The average molecular weight is 557 g/mol. The molecule has 1 aromatic carbocycles. The number of aliphatic hydroxyl groups is 1. The van der Waals surface area contributed by atoms with Crippen LogP contribution in [0, 0.1) is 0 Å². The topological polar surface area (TPSA) is 80.0 Å². The molecule has 2 heterocycles. The third-order valence-electron chi connectivity index (χ3n) is 6.75. The number of alkyl halides is 5. The quantitative estimate of drug-likeness (QED) is 0.335. The van der Waals surface area contributed by atoms with Gasteiger partial charge in [-0.05, 0) is 49.9 Å². The lowest BCUT2D eigenvalue weighted by Gasteiger charge is -2.42. The van der Waals surface area contributed by atoms with Crippen LogP contribution < -0.4 is 5.32 Å². The maximum Gasteiger partial charge on any atom is 0.417 e. The summed E-state index contributed by atoms with van der Waals surface area (Å²) in [4.78, 5) is 16.9. The highest BCUT2D eigenvalue weighted by Gasteiger charge is 2.48. The van der Waals surface area contributed by atoms with Gasteiger partial charge >= 0.3 is 6.18 Å². The minimum atomic E-state index is -4.82. The summed E-state index contributed by atoms with van der Waals surface area (Å²) in [5.41, 5.74) is -1.92. The van der Waals surface area contributed by atoms with Crippen LogP contribution in [0.25, 0.3) is 11.1 Å². The molecule has 6 nitrogen and oxygen atoms in total. The summed E-state index contributed by atoms with van der Waals surface area (Å²) in [6, 6.07) is 6.26. The zero-order valence-corrected chi connectivity index (χ0v) is 21.3. The predicted octanol–water partition coefficient (Wildman–Crippen LogP) is 6.61. The number of amides is 1. The van der Waals surface area contributed by atoms with Crippen molar-refractivity contribution in [2.45, 2.75) is 69.3 Å². The van der Waals surface area contributed by atoms with Crippen LogP contribution in [0.2, 0.25) is 5.02 Å². The molecule has 0 bridgehead atoms. The second-order valence-electron chi connectivity index (χ2n) is 9.81. The summed E-state index contributed by atoms with van der Waals surface area (Å²) in [7, 11) is 0. The fourth-order valence-corrected chi connectivity index (χ4v) is 4.86. The molecule has 0 saturated heterocycles. The van der Waals surface area contributed by atoms with Crippen LogP contribution in [0.1, 0.15) is 73.2 Å². The van der Waals surface area contributed by atoms with Gasteiger partial charge in [-0.1, -0.05) is 29.8 Å². The lowest BCUT2D eigenvalue weighted by molar-refractivity contribution is -0.137. The Morgan fingerprint density at radius 2 is 1.82 bits per heavy atom. The molecule has 1 atom stereocenters. The van der Waals surface area contributed by atoms with E-state index in [1.165, 1.54) is 0 Å². The van der Waals surface area contributed by atoms with Gasteiger partial charge in [0, 0.05) is 36.8 Å². The van der Waals surface area contributed by atoms with E-state index < -0.39 is 58.8 Å². The SMILES string of the molecule is CC(C)n1cc(-c2cccc(C(NC(=O)c3nccc(C(F)(F)F)c3Cl)C3(O)CCC(F)(F)CC3)c2)cn1. The first kappa shape index (κ1) is 28.0. The summed E-state index contributed by atoms with van der Waals surface area (Å²) in [5.74, 6) is -4.05. The number of hydrogen-bond acceptors (Lipinski definition) is 4. The Morgan fingerprint density at radius 1 is 1.13 bits per heavy atom. The Balaban J connectivity index is 1.73. The lowest BCUT2D eigenvalue weighted by atomic mass is 9.75. The molecule has 2 N–H and O–H groups in total. The predicted molar refractivity (Wildman–Crippen MR) is 131 cm³/mol. The van der Waals surface area contributed by atoms with Crippen LogP contribution in [0.5, 0.6) is 0 Å². The number of nitrogens with zero attached hydrogens (tertiary/aromatic N) is 3. The number of carbonyl (C=O) groups excluding carboxylic acids is 1. The molecule has 1 amide bonds. The van der Waals surface area contributed by atoms with Crippen molar-refractivity contribution in [2.24, 2.45) is 0 Å². The normalized spacial score (nSPS) is 17.8. The number of carbonyl (C=O) groups is 1. The molecular weight excluding hydrogens is 531 g/mol. The van der Waals surface area contributed by atoms with Gasteiger partial charge in [0.1, 0.15) is 5.69 Å². The van der Waals surface area contributed by atoms with Gasteiger partial charge in [0.05, 0.1) is 28.4 Å². The second kappa shape index (κ2) is 10.3. The molecule has 1 unspecified atom stereocenters. The minimum absolute atomic E-state index is 0.105. The van der Waals surface area contributed by atoms with Gasteiger partial charge in [0.15, 0.2) is 0 Å². The molecule has 2 aromatic heterocycles. The van der Waals surface area contributed by atoms with E-state index >= 15 is 0 Å². The van der Waals surface area contributed by atoms with E-state index in [-0.39, 0.29) is 18.9 Å². The van der Waals surface area contributed by atoms with Crippen molar-refractivity contribution in [3.63, 3.8) is 0 Å². The molecule has 0 radical (unpaired) electrons. The summed E-state index contributed by atoms with van der Waals surface area (Å²) in [6.07, 6.45) is -2.46. The maximum absolute atomic E-state index is 14.0. The van der Waals surface area contributed by atoms with Gasteiger partial charge in [-0.2, -0.15) is 18.3 Å². The molecular formula is C26H26ClF5N4O2. The smallest absolute Gasteiger partial charge is 0.387 e. The van der Waals surface area contributed by atoms with E-state index in [9.17, 15) is 31.9 Å². The van der Waals surface area contributed by atoms with E-state index in [0.717, 1.165) is 11.8 Å². The highest BCUT2D eigenvalue weighted by atomic mass is 35.5. The average Bonchev–Trinajstić information content (AvgIpc) is 3.35. The number of hydrogen-bond donors (Lipinski definition) is 2. The minimum Gasteiger partial charge on any atom is -0.387 e. The van der Waals surface area contributed by atoms with E-state index in [4.69, 9.17) is 11.6 Å². The standard InChI is InChI=1S/C26H26ClF5N4O2/c1-15(2)36-14-18(13-34-36)16-4-3-5-17(12-16)22(24(38)7-9-25(28,29)10-8-24)35-23(37)21-20(27)19(6-11-33-21)26(30,31)32/h3-6,11-15,22,38H,7-10H2,1-2H3,(H,35,37). The molecule has 1 aliphatic rings. The Morgan fingerprint density at radius 3 is 2.42 bits per heavy atom. The van der Waals surface area contributed by atoms with Crippen LogP contribution in [0.15, 0.2) is 48.9 Å². The first-order chi connectivity index (χ1) is 17.7. The van der Waals surface area contributed by atoms with Gasteiger partial charge in [-0.25, -0.2) is 13.8 Å². The zero-order chi connectivity index (χ0) is 27.9. The van der Waals surface area contributed by atoms with E-state index in [1.54, 1.807) is 35.1 Å². The fourth-order valence-electron chi connectivity index (χ4n) is 4.55. The van der Waals surface area contributed by atoms with E-state index in [0.29, 0.717) is 17.2 Å². The Hall–Kier alpha value is -3.05. The van der Waals surface area contributed by atoms with E-state index in [2.05, 4.69) is 15.4 Å². The highest BCUT2D eigenvalue weighted by Crippen LogP contribution is 2.45. The molecule has 1 aliphatic carbocycles. The van der Waals surface area contributed by atoms with Crippen molar-refractivity contribution in [1.29, 1.82) is 0 Å². The van der Waals surface area contributed by atoms with Crippen molar-refractivity contribution in [2.75, 3.05) is 0 Å². The Bertz CT molecular complexity index is 1310. The third kappa shape index (κ3) is 5.83. The number of pyridine rings is 1. The van der Waals surface area contributed by atoms with Crippen LogP contribution in [-0.2, 0) is 6.18 Å². The van der Waals surface area contributed by atoms with Crippen molar-refractivity contribution in [3.05, 3.63) is 70.8 Å². The van der Waals surface area contributed by atoms with Gasteiger partial charge in [-0.15, -0.1) is 0 Å². The molecule has 1 fully saturated rings. The van der Waals surface area contributed by atoms with Gasteiger partial charge in [0.2, 0.25) is 5.92 Å². The first-order valence-electron chi connectivity index (χ1n) is 12.0. The number of aromatic nitrogens is 3. The second-order valence-corrected chi connectivity index (χ2v) is 10.2. The molecule has 3 aromatic rings. The van der Waals surface area contributed by atoms with Gasteiger partial charge in [-0.3, -0.25) is 9.48 Å². The summed E-state index contributed by atoms with van der Waals surface area (Å²) < 4.78 is 69.7. The van der Waals surface area contributed by atoms with Crippen molar-refractivity contribution < 1.29 is 31.9 Å². The lowest BCUT2D eigenvalue weighted by Crippen LogP contribution is -2.50. The molecule has 12 heteroatoms. The fraction of sp³-hybridized carbons (Fsp3) is 0.423. The largest absolute Gasteiger partial charge is 0.417 e. The summed E-state index contributed by atoms with van der Waals surface area (Å²) >= 11 is 5.89. The van der Waals surface area contributed by atoms with Crippen molar-refractivity contribution >= 4 is 17.5 Å². The van der Waals surface area contributed by atoms with Crippen molar-refractivity contribution in [3.8, 4) is 11.1 Å². The highest BCUT2D eigenvalue weighted by molar-refractivity contribution is 6.34. The van der Waals surface area contributed by atoms with Crippen molar-refractivity contribution in [1.82, 2.24) is 20.1 Å². The van der Waals surface area contributed by atoms with Crippen LogP contribution >= 0.6 is 11.6 Å². The maximum atomic E-state index is 14.0. The number of rotatable bonds is 6. The molecule has 38 heavy (non-hydrogen) atoms. The molecule has 1 saturated carbocycles. The molecule has 0 aliphatic heterocycles. The molecule has 0 spiro atoms. The van der Waals surface area contributed by atoms with E-state index in [1.807, 2.05) is 20.0 Å². The summed E-state index contributed by atoms with van der Waals surface area (Å²) in [5, 5.41) is 17.5. The Kier molecular flexibility index (Phi) is 7.55. The number of nitrogens with one attached hydrogen (secondary N) is 1. The molecule has 204 valence electrons. The first-order valence-corrected chi connectivity index (χ1v) is 12.4. The van der Waals surface area contributed by atoms with Gasteiger partial charge < -0.3 is 10.4 Å². The van der Waals surface area contributed by atoms with Crippen LogP contribution in [-0.4, -0.2) is 37.3 Å². The number of benzene rings is 1. The van der Waals surface area contributed by atoms with Crippen LogP contribution in [0.3, 0.4) is 0 Å². The number of halogens is 6. The van der Waals surface area contributed by atoms with Gasteiger partial charge in [0.25, 0.3) is 5.91 Å².